The molecule has 0 aromatic heterocycles. The summed E-state index contributed by atoms with van der Waals surface area (Å²) in [5, 5.41) is 2.88. The lowest BCUT2D eigenvalue weighted by Crippen LogP contribution is -2.52. The van der Waals surface area contributed by atoms with Crippen molar-refractivity contribution in [2.45, 2.75) is 53.0 Å². The Bertz CT molecular complexity index is 197. The Kier molecular flexibility index (Phi) is 7.23. The lowest BCUT2D eigenvalue weighted by Gasteiger charge is -2.26. The maximum Gasteiger partial charge on any atom is 0.239 e. The minimum atomic E-state index is -0.722. The fraction of sp³-hybridized carbons (Fsp3) is 0.909. The highest BCUT2D eigenvalue weighted by molar-refractivity contribution is 5.85. The molecule has 0 aromatic rings. The molecule has 3 N–H and O–H groups in total. The second kappa shape index (κ2) is 6.33. The molecule has 0 fully saturated rings. The molecule has 1 atom stereocenters. The van der Waals surface area contributed by atoms with E-state index in [0.29, 0.717) is 6.54 Å². The van der Waals surface area contributed by atoms with E-state index in [0.717, 1.165) is 12.8 Å². The average Bonchev–Trinajstić information content (AvgIpc) is 1.98. The Hall–Kier alpha value is -0.280. The first kappa shape index (κ1) is 17.1. The number of carbonyl (C=O) groups excluding carboxylic acids is 1. The highest BCUT2D eigenvalue weighted by atomic mass is 35.5. The van der Waals surface area contributed by atoms with Crippen LogP contribution in [0.2, 0.25) is 0 Å². The maximum atomic E-state index is 11.7. The highest BCUT2D eigenvalue weighted by Crippen LogP contribution is 2.13. The van der Waals surface area contributed by atoms with Crippen molar-refractivity contribution in [1.82, 2.24) is 5.32 Å². The Balaban J connectivity index is 0. The normalized spacial score (nSPS) is 15.1. The summed E-state index contributed by atoms with van der Waals surface area (Å²) in [7, 11) is 0. The molecule has 0 rings (SSSR count). The molecule has 3 nitrogen and oxygen atoms in total. The Morgan fingerprint density at radius 2 is 1.73 bits per heavy atom. The molecule has 0 aliphatic carbocycles. The topological polar surface area (TPSA) is 55.1 Å². The number of amides is 1. The van der Waals surface area contributed by atoms with Gasteiger partial charge in [-0.05, 0) is 18.8 Å². The van der Waals surface area contributed by atoms with Crippen molar-refractivity contribution >= 4 is 18.3 Å². The largest absolute Gasteiger partial charge is 0.354 e. The standard InChI is InChI=1S/C11H24N2O.ClH/c1-6-7-11(5,12)9(14)13-8-10(2,3)4;/h6-8,12H2,1-5H3,(H,13,14);1H. The molecule has 0 aliphatic rings. The number of nitrogens with two attached hydrogens (primary N) is 1. The summed E-state index contributed by atoms with van der Waals surface area (Å²) >= 11 is 0. The third-order valence-electron chi connectivity index (χ3n) is 2.07. The van der Waals surface area contributed by atoms with E-state index >= 15 is 0 Å². The molecular formula is C11H25ClN2O. The summed E-state index contributed by atoms with van der Waals surface area (Å²) in [4.78, 5) is 11.7. The van der Waals surface area contributed by atoms with E-state index in [1.807, 2.05) is 6.92 Å². The number of halogens is 1. The zero-order valence-corrected chi connectivity index (χ0v) is 11.3. The number of hydrogen-bond donors (Lipinski definition) is 2. The van der Waals surface area contributed by atoms with Gasteiger partial charge in [-0.1, -0.05) is 34.1 Å². The first-order valence-corrected chi connectivity index (χ1v) is 5.26. The molecule has 0 bridgehead atoms. The van der Waals surface area contributed by atoms with E-state index < -0.39 is 5.54 Å². The third kappa shape index (κ3) is 7.63. The molecule has 0 aliphatic heterocycles. The van der Waals surface area contributed by atoms with E-state index in [4.69, 9.17) is 5.73 Å². The van der Waals surface area contributed by atoms with Crippen LogP contribution in [0.5, 0.6) is 0 Å². The molecule has 15 heavy (non-hydrogen) atoms. The van der Waals surface area contributed by atoms with Crippen LogP contribution in [0, 0.1) is 5.41 Å². The summed E-state index contributed by atoms with van der Waals surface area (Å²) in [6, 6.07) is 0. The van der Waals surface area contributed by atoms with Crippen LogP contribution in [-0.4, -0.2) is 18.0 Å². The van der Waals surface area contributed by atoms with E-state index in [2.05, 4.69) is 26.1 Å². The van der Waals surface area contributed by atoms with Gasteiger partial charge in [-0.2, -0.15) is 0 Å². The van der Waals surface area contributed by atoms with E-state index in [9.17, 15) is 4.79 Å². The van der Waals surface area contributed by atoms with Crippen molar-refractivity contribution in [1.29, 1.82) is 0 Å². The minimum Gasteiger partial charge on any atom is -0.354 e. The van der Waals surface area contributed by atoms with Gasteiger partial charge in [-0.3, -0.25) is 4.79 Å². The molecule has 0 heterocycles. The predicted molar refractivity (Wildman–Crippen MR) is 67.2 cm³/mol. The number of hydrogen-bond acceptors (Lipinski definition) is 2. The van der Waals surface area contributed by atoms with Gasteiger partial charge in [0.1, 0.15) is 0 Å². The van der Waals surface area contributed by atoms with Crippen LogP contribution in [0.25, 0.3) is 0 Å². The smallest absolute Gasteiger partial charge is 0.239 e. The van der Waals surface area contributed by atoms with E-state index in [-0.39, 0.29) is 23.7 Å². The molecular weight excluding hydrogens is 212 g/mol. The van der Waals surface area contributed by atoms with Crippen molar-refractivity contribution in [3.63, 3.8) is 0 Å². The average molecular weight is 237 g/mol. The summed E-state index contributed by atoms with van der Waals surface area (Å²) in [5.74, 6) is -0.0470. The number of rotatable bonds is 4. The third-order valence-corrected chi connectivity index (χ3v) is 2.07. The molecule has 92 valence electrons. The molecule has 1 amide bonds. The van der Waals surface area contributed by atoms with E-state index in [1.165, 1.54) is 0 Å². The van der Waals surface area contributed by atoms with Gasteiger partial charge in [0.25, 0.3) is 0 Å². The zero-order chi connectivity index (χ0) is 11.4. The van der Waals surface area contributed by atoms with Crippen molar-refractivity contribution < 1.29 is 4.79 Å². The van der Waals surface area contributed by atoms with Gasteiger partial charge in [0.05, 0.1) is 5.54 Å². The van der Waals surface area contributed by atoms with Crippen LogP contribution in [0.15, 0.2) is 0 Å². The van der Waals surface area contributed by atoms with Crippen molar-refractivity contribution in [2.75, 3.05) is 6.54 Å². The summed E-state index contributed by atoms with van der Waals surface area (Å²) in [6.45, 7) is 10.7. The van der Waals surface area contributed by atoms with Gasteiger partial charge < -0.3 is 11.1 Å². The van der Waals surface area contributed by atoms with Gasteiger partial charge in [0.15, 0.2) is 0 Å². The molecule has 1 unspecified atom stereocenters. The van der Waals surface area contributed by atoms with Crippen LogP contribution in [0.1, 0.15) is 47.5 Å². The molecule has 0 spiro atoms. The molecule has 0 saturated carbocycles. The lowest BCUT2D eigenvalue weighted by molar-refractivity contribution is -0.126. The van der Waals surface area contributed by atoms with Crippen molar-refractivity contribution in [3.8, 4) is 0 Å². The van der Waals surface area contributed by atoms with Gasteiger partial charge in [0.2, 0.25) is 5.91 Å². The summed E-state index contributed by atoms with van der Waals surface area (Å²) < 4.78 is 0. The van der Waals surface area contributed by atoms with Crippen molar-refractivity contribution in [2.24, 2.45) is 11.1 Å². The first-order valence-electron chi connectivity index (χ1n) is 5.26. The fourth-order valence-corrected chi connectivity index (χ4v) is 1.18. The van der Waals surface area contributed by atoms with Gasteiger partial charge in [0, 0.05) is 6.54 Å². The van der Waals surface area contributed by atoms with Crippen LogP contribution in [0.4, 0.5) is 0 Å². The highest BCUT2D eigenvalue weighted by Gasteiger charge is 2.27. The van der Waals surface area contributed by atoms with E-state index in [1.54, 1.807) is 6.92 Å². The maximum absolute atomic E-state index is 11.7. The van der Waals surface area contributed by atoms with Crippen LogP contribution in [0.3, 0.4) is 0 Å². The van der Waals surface area contributed by atoms with Gasteiger partial charge in [-0.15, -0.1) is 12.4 Å². The molecule has 4 heteroatoms. The molecule has 0 saturated heterocycles. The summed E-state index contributed by atoms with van der Waals surface area (Å²) in [6.07, 6.45) is 1.65. The SMILES string of the molecule is CCCC(C)(N)C(=O)NCC(C)(C)C.Cl. The Labute approximate surface area is 99.6 Å². The van der Waals surface area contributed by atoms with Crippen LogP contribution >= 0.6 is 12.4 Å². The Morgan fingerprint density at radius 3 is 2.07 bits per heavy atom. The zero-order valence-electron chi connectivity index (χ0n) is 10.5. The second-order valence-electron chi connectivity index (χ2n) is 5.41. The summed E-state index contributed by atoms with van der Waals surface area (Å²) in [5.41, 5.74) is 5.27. The molecule has 0 radical (unpaired) electrons. The first-order chi connectivity index (χ1) is 6.19. The number of carbonyl (C=O) groups is 1. The second-order valence-corrected chi connectivity index (χ2v) is 5.41. The lowest BCUT2D eigenvalue weighted by atomic mass is 9.94. The van der Waals surface area contributed by atoms with Crippen LogP contribution < -0.4 is 11.1 Å². The predicted octanol–water partition coefficient (Wildman–Crippen LogP) is 2.09. The monoisotopic (exact) mass is 236 g/mol. The molecule has 0 aromatic carbocycles. The fourth-order valence-electron chi connectivity index (χ4n) is 1.18. The minimum absolute atomic E-state index is 0. The quantitative estimate of drug-likeness (QED) is 0.786. The number of nitrogens with one attached hydrogen (secondary N) is 1. The van der Waals surface area contributed by atoms with Crippen LogP contribution in [-0.2, 0) is 4.79 Å². The van der Waals surface area contributed by atoms with Gasteiger partial charge >= 0.3 is 0 Å². The van der Waals surface area contributed by atoms with Gasteiger partial charge in [-0.25, -0.2) is 0 Å². The van der Waals surface area contributed by atoms with Crippen molar-refractivity contribution in [3.05, 3.63) is 0 Å². The Morgan fingerprint density at radius 1 is 1.27 bits per heavy atom.